The third kappa shape index (κ3) is 5.32. The number of alkyl halides is 3. The molecule has 1 unspecified atom stereocenters. The Morgan fingerprint density at radius 2 is 1.97 bits per heavy atom. The molecule has 3 heterocycles. The molecule has 2 aliphatic heterocycles. The highest BCUT2D eigenvalue weighted by molar-refractivity contribution is 5.51. The number of aliphatic hydroxyl groups is 1. The van der Waals surface area contributed by atoms with Gasteiger partial charge in [0.25, 0.3) is 0 Å². The summed E-state index contributed by atoms with van der Waals surface area (Å²) in [4.78, 5) is 19.2. The molecule has 0 saturated carbocycles. The van der Waals surface area contributed by atoms with Gasteiger partial charge in [-0.1, -0.05) is 19.1 Å². The van der Waals surface area contributed by atoms with Gasteiger partial charge in [-0.25, -0.2) is 4.98 Å². The molecule has 190 valence electrons. The first-order valence-electron chi connectivity index (χ1n) is 11.5. The lowest BCUT2D eigenvalue weighted by molar-refractivity contribution is -0.127. The number of likely N-dealkylation sites (tertiary alicyclic amines) is 1. The number of halogens is 3. The van der Waals surface area contributed by atoms with Gasteiger partial charge in [0.2, 0.25) is 6.41 Å². The molecule has 0 spiro atoms. The number of hydrogen-bond donors (Lipinski definition) is 1. The summed E-state index contributed by atoms with van der Waals surface area (Å²) in [5.74, 6) is 1.67. The van der Waals surface area contributed by atoms with Crippen LogP contribution in [0.2, 0.25) is 0 Å². The van der Waals surface area contributed by atoms with E-state index in [1.54, 1.807) is 25.0 Å². The number of amides is 1. The van der Waals surface area contributed by atoms with E-state index in [0.717, 1.165) is 12.0 Å². The van der Waals surface area contributed by atoms with Crippen LogP contribution in [0.4, 0.5) is 19.0 Å². The molecule has 3 atom stereocenters. The number of nitrogens with zero attached hydrogens (tertiary/aromatic N) is 3. The van der Waals surface area contributed by atoms with Gasteiger partial charge >= 0.3 is 6.18 Å². The SMILES string of the molecule is COc1ccc([C@@H]2CN(C=O)C[C@@]2(C)C(C)O)cc1OC1CN(c2ccc(CC(F)(F)F)cn2)C1. The minimum atomic E-state index is -4.26. The molecule has 1 aromatic heterocycles. The van der Waals surface area contributed by atoms with E-state index in [4.69, 9.17) is 9.47 Å². The van der Waals surface area contributed by atoms with Crippen molar-refractivity contribution in [3.63, 3.8) is 0 Å². The van der Waals surface area contributed by atoms with Crippen LogP contribution in [0.15, 0.2) is 36.5 Å². The second-order valence-electron chi connectivity index (χ2n) is 9.64. The summed E-state index contributed by atoms with van der Waals surface area (Å²) in [6.45, 7) is 5.76. The van der Waals surface area contributed by atoms with Crippen LogP contribution in [-0.4, -0.2) is 73.1 Å². The fourth-order valence-corrected chi connectivity index (χ4v) is 4.87. The van der Waals surface area contributed by atoms with Crippen LogP contribution in [0, 0.1) is 5.41 Å². The van der Waals surface area contributed by atoms with Gasteiger partial charge in [0.05, 0.1) is 32.7 Å². The molecule has 35 heavy (non-hydrogen) atoms. The van der Waals surface area contributed by atoms with Crippen LogP contribution in [0.25, 0.3) is 0 Å². The minimum Gasteiger partial charge on any atom is -0.493 e. The lowest BCUT2D eigenvalue weighted by atomic mass is 9.72. The molecule has 1 amide bonds. The van der Waals surface area contributed by atoms with Crippen molar-refractivity contribution in [3.8, 4) is 11.5 Å². The number of carbonyl (C=O) groups excluding carboxylic acids is 1. The maximum atomic E-state index is 12.5. The van der Waals surface area contributed by atoms with Crippen molar-refractivity contribution in [1.82, 2.24) is 9.88 Å². The van der Waals surface area contributed by atoms with Crippen molar-refractivity contribution < 1.29 is 32.5 Å². The molecule has 7 nitrogen and oxygen atoms in total. The molecule has 2 aliphatic rings. The zero-order valence-electron chi connectivity index (χ0n) is 20.0. The second-order valence-corrected chi connectivity index (χ2v) is 9.64. The average molecular weight is 494 g/mol. The number of methoxy groups -OCH3 is 1. The van der Waals surface area contributed by atoms with Gasteiger partial charge in [0.15, 0.2) is 11.5 Å². The Morgan fingerprint density at radius 1 is 1.23 bits per heavy atom. The zero-order chi connectivity index (χ0) is 25.4. The number of carbonyl (C=O) groups is 1. The number of rotatable bonds is 8. The normalized spacial score (nSPS) is 23.7. The zero-order valence-corrected chi connectivity index (χ0v) is 20.0. The molecule has 2 fully saturated rings. The Kier molecular flexibility index (Phi) is 6.86. The molecule has 2 saturated heterocycles. The number of aliphatic hydroxyl groups excluding tert-OH is 1. The van der Waals surface area contributed by atoms with Crippen LogP contribution >= 0.6 is 0 Å². The van der Waals surface area contributed by atoms with E-state index in [1.165, 1.54) is 12.3 Å². The molecule has 0 aliphatic carbocycles. The van der Waals surface area contributed by atoms with E-state index >= 15 is 0 Å². The number of benzene rings is 1. The lowest BCUT2D eigenvalue weighted by Crippen LogP contribution is -2.54. The highest BCUT2D eigenvalue weighted by Crippen LogP contribution is 2.46. The summed E-state index contributed by atoms with van der Waals surface area (Å²) in [7, 11) is 1.56. The quantitative estimate of drug-likeness (QED) is 0.569. The second kappa shape index (κ2) is 9.56. The van der Waals surface area contributed by atoms with Crippen LogP contribution in [0.5, 0.6) is 11.5 Å². The molecule has 0 bridgehead atoms. The third-order valence-electron chi connectivity index (χ3n) is 7.13. The predicted molar refractivity (Wildman–Crippen MR) is 124 cm³/mol. The summed E-state index contributed by atoms with van der Waals surface area (Å²) in [5.41, 5.74) is 0.580. The summed E-state index contributed by atoms with van der Waals surface area (Å²) in [6, 6.07) is 8.71. The predicted octanol–water partition coefficient (Wildman–Crippen LogP) is 3.41. The largest absolute Gasteiger partial charge is 0.493 e. The van der Waals surface area contributed by atoms with E-state index in [9.17, 15) is 23.1 Å². The maximum Gasteiger partial charge on any atom is 0.393 e. The van der Waals surface area contributed by atoms with Gasteiger partial charge in [-0.05, 0) is 36.2 Å². The Labute approximate surface area is 202 Å². The molecule has 1 aromatic carbocycles. The molecule has 4 rings (SSSR count). The number of aromatic nitrogens is 1. The smallest absolute Gasteiger partial charge is 0.393 e. The number of pyridine rings is 1. The van der Waals surface area contributed by atoms with Crippen molar-refractivity contribution in [1.29, 1.82) is 0 Å². The van der Waals surface area contributed by atoms with Gasteiger partial charge in [-0.3, -0.25) is 4.79 Å². The molecular weight excluding hydrogens is 463 g/mol. The molecule has 2 aromatic rings. The summed E-state index contributed by atoms with van der Waals surface area (Å²) < 4.78 is 49.3. The van der Waals surface area contributed by atoms with Crippen molar-refractivity contribution in [2.75, 3.05) is 38.2 Å². The third-order valence-corrected chi connectivity index (χ3v) is 7.13. The van der Waals surface area contributed by atoms with Crippen molar-refractivity contribution >= 4 is 12.2 Å². The number of ether oxygens (including phenoxy) is 2. The van der Waals surface area contributed by atoms with Crippen LogP contribution < -0.4 is 14.4 Å². The molecule has 0 radical (unpaired) electrons. The first-order chi connectivity index (χ1) is 16.5. The Balaban J connectivity index is 1.44. The number of hydrogen-bond acceptors (Lipinski definition) is 6. The van der Waals surface area contributed by atoms with Crippen LogP contribution in [-0.2, 0) is 11.2 Å². The average Bonchev–Trinajstić information content (AvgIpc) is 3.14. The Hall–Kier alpha value is -3.01. The Bertz CT molecular complexity index is 1040. The van der Waals surface area contributed by atoms with Gasteiger partial charge < -0.3 is 24.4 Å². The van der Waals surface area contributed by atoms with E-state index in [0.29, 0.717) is 43.5 Å². The molecular formula is C25H30F3N3O4. The number of anilines is 1. The lowest BCUT2D eigenvalue weighted by Gasteiger charge is -2.40. The van der Waals surface area contributed by atoms with Gasteiger partial charge in [-0.15, -0.1) is 0 Å². The summed E-state index contributed by atoms with van der Waals surface area (Å²) >= 11 is 0. The summed E-state index contributed by atoms with van der Waals surface area (Å²) in [5, 5.41) is 10.5. The van der Waals surface area contributed by atoms with E-state index < -0.39 is 24.1 Å². The van der Waals surface area contributed by atoms with E-state index in [1.807, 2.05) is 30.0 Å². The standard InChI is InChI=1S/C25H30F3N3O4/c1-16(33)24(2)14-30(15-32)13-20(24)18-5-6-21(34-3)22(8-18)35-19-11-31(12-19)23-7-4-17(10-29-23)9-25(26,27)28/h4-8,10,15-16,19-20,33H,9,11-14H2,1-3H3/t16?,20-,24-/m0/s1. The first kappa shape index (κ1) is 25.1. The molecule has 10 heteroatoms. The minimum absolute atomic E-state index is 0.0711. The van der Waals surface area contributed by atoms with Crippen molar-refractivity contribution in [2.45, 2.75) is 44.6 Å². The van der Waals surface area contributed by atoms with Crippen molar-refractivity contribution in [2.24, 2.45) is 5.41 Å². The summed E-state index contributed by atoms with van der Waals surface area (Å²) in [6.07, 6.45) is -3.94. The highest BCUT2D eigenvalue weighted by Gasteiger charge is 2.47. The first-order valence-corrected chi connectivity index (χ1v) is 11.5. The van der Waals surface area contributed by atoms with Gasteiger partial charge in [-0.2, -0.15) is 13.2 Å². The van der Waals surface area contributed by atoms with Gasteiger partial charge in [0, 0.05) is 30.6 Å². The van der Waals surface area contributed by atoms with Gasteiger partial charge in [0.1, 0.15) is 11.9 Å². The highest BCUT2D eigenvalue weighted by atomic mass is 19.4. The monoisotopic (exact) mass is 493 g/mol. The van der Waals surface area contributed by atoms with Crippen molar-refractivity contribution in [3.05, 3.63) is 47.7 Å². The van der Waals surface area contributed by atoms with E-state index in [2.05, 4.69) is 4.98 Å². The topological polar surface area (TPSA) is 75.1 Å². The fraction of sp³-hybridized carbons (Fsp3) is 0.520. The van der Waals surface area contributed by atoms with E-state index in [-0.39, 0.29) is 17.6 Å². The Morgan fingerprint density at radius 3 is 2.54 bits per heavy atom. The maximum absolute atomic E-state index is 12.5. The fourth-order valence-electron chi connectivity index (χ4n) is 4.87. The van der Waals surface area contributed by atoms with Crippen LogP contribution in [0.3, 0.4) is 0 Å². The van der Waals surface area contributed by atoms with Crippen LogP contribution in [0.1, 0.15) is 30.9 Å². The molecule has 1 N–H and O–H groups in total.